The average molecular weight is 437 g/mol. The molecule has 32 heavy (non-hydrogen) atoms. The number of hydrogen-bond acceptors (Lipinski definition) is 2. The normalized spacial score (nSPS) is 12.5. The Morgan fingerprint density at radius 1 is 1.00 bits per heavy atom. The van der Waals surface area contributed by atoms with Crippen molar-refractivity contribution in [3.63, 3.8) is 0 Å². The lowest BCUT2D eigenvalue weighted by Crippen LogP contribution is -2.53. The van der Waals surface area contributed by atoms with Gasteiger partial charge in [0.1, 0.15) is 6.04 Å². The number of carbonyl (C=O) groups excluding carboxylic acids is 2. The second kappa shape index (κ2) is 11.3. The number of nitrogens with zero attached hydrogens (tertiary/aromatic N) is 1. The molecule has 0 bridgehead atoms. The molecule has 4 heteroatoms. The van der Waals surface area contributed by atoms with E-state index in [1.54, 1.807) is 4.90 Å². The van der Waals surface area contributed by atoms with Gasteiger partial charge in [0.25, 0.3) is 0 Å². The highest BCUT2D eigenvalue weighted by atomic mass is 16.2. The van der Waals surface area contributed by atoms with E-state index < -0.39 is 6.04 Å². The average Bonchev–Trinajstić information content (AvgIpc) is 2.71. The van der Waals surface area contributed by atoms with Gasteiger partial charge in [-0.05, 0) is 63.1 Å². The summed E-state index contributed by atoms with van der Waals surface area (Å²) in [5.41, 5.74) is 4.28. The van der Waals surface area contributed by atoms with E-state index in [2.05, 4.69) is 49.5 Å². The molecule has 0 fully saturated rings. The third-order valence-electron chi connectivity index (χ3n) is 5.59. The monoisotopic (exact) mass is 436 g/mol. The number of amides is 2. The van der Waals surface area contributed by atoms with Gasteiger partial charge in [0.05, 0.1) is 0 Å². The number of rotatable bonds is 9. The number of hydrogen-bond donors (Lipinski definition) is 1. The van der Waals surface area contributed by atoms with Crippen LogP contribution in [0.2, 0.25) is 0 Å². The second-order valence-electron chi connectivity index (χ2n) is 10.1. The zero-order valence-corrected chi connectivity index (χ0v) is 20.9. The molecule has 1 atom stereocenters. The second-order valence-corrected chi connectivity index (χ2v) is 10.1. The van der Waals surface area contributed by atoms with Crippen LogP contribution in [0.15, 0.2) is 48.5 Å². The Bertz CT molecular complexity index is 894. The van der Waals surface area contributed by atoms with E-state index in [1.165, 1.54) is 5.56 Å². The Labute approximate surface area is 194 Å². The lowest BCUT2D eigenvalue weighted by atomic mass is 10.00. The van der Waals surface area contributed by atoms with E-state index in [0.29, 0.717) is 31.7 Å². The molecule has 0 heterocycles. The van der Waals surface area contributed by atoms with E-state index >= 15 is 0 Å². The van der Waals surface area contributed by atoms with Gasteiger partial charge in [0.15, 0.2) is 0 Å². The van der Waals surface area contributed by atoms with Crippen molar-refractivity contribution in [1.29, 1.82) is 0 Å². The summed E-state index contributed by atoms with van der Waals surface area (Å²) in [5.74, 6) is 0.403. The molecule has 174 valence electrons. The standard InChI is InChI=1S/C28H40N2O2/c1-8-25(27(32)29-28(5,6)7)30(19-23-11-9-10-21(4)18-23)26(31)17-14-22-12-15-24(16-13-22)20(2)3/h9-13,15-16,18,20,25H,8,14,17,19H2,1-7H3,(H,29,32)/t25-/m1/s1. The quantitative estimate of drug-likeness (QED) is 0.542. The van der Waals surface area contributed by atoms with Gasteiger partial charge in [-0.1, -0.05) is 74.9 Å². The van der Waals surface area contributed by atoms with Crippen LogP contribution in [0.3, 0.4) is 0 Å². The first-order chi connectivity index (χ1) is 15.0. The maximum Gasteiger partial charge on any atom is 0.243 e. The van der Waals surface area contributed by atoms with Crippen molar-refractivity contribution in [2.45, 2.75) is 91.8 Å². The fourth-order valence-corrected chi connectivity index (χ4v) is 3.84. The highest BCUT2D eigenvalue weighted by Gasteiger charge is 2.30. The summed E-state index contributed by atoms with van der Waals surface area (Å²) in [6.45, 7) is 14.7. The molecule has 0 aromatic heterocycles. The third kappa shape index (κ3) is 7.81. The molecule has 0 aliphatic carbocycles. The summed E-state index contributed by atoms with van der Waals surface area (Å²) >= 11 is 0. The van der Waals surface area contributed by atoms with Crippen LogP contribution in [0.25, 0.3) is 0 Å². The molecule has 4 nitrogen and oxygen atoms in total. The number of carbonyl (C=O) groups is 2. The van der Waals surface area contributed by atoms with Gasteiger partial charge < -0.3 is 10.2 Å². The zero-order chi connectivity index (χ0) is 23.9. The van der Waals surface area contributed by atoms with Gasteiger partial charge >= 0.3 is 0 Å². The first-order valence-electron chi connectivity index (χ1n) is 11.8. The molecular formula is C28H40N2O2. The van der Waals surface area contributed by atoms with Crippen molar-refractivity contribution in [2.75, 3.05) is 0 Å². The molecule has 2 aromatic rings. The van der Waals surface area contributed by atoms with Crippen LogP contribution in [-0.4, -0.2) is 28.3 Å². The molecule has 2 aromatic carbocycles. The summed E-state index contributed by atoms with van der Waals surface area (Å²) in [5, 5.41) is 3.06. The first-order valence-corrected chi connectivity index (χ1v) is 11.8. The lowest BCUT2D eigenvalue weighted by molar-refractivity contribution is -0.142. The Morgan fingerprint density at radius 2 is 1.66 bits per heavy atom. The molecule has 2 amide bonds. The molecule has 0 saturated heterocycles. The van der Waals surface area contributed by atoms with E-state index in [1.807, 2.05) is 52.8 Å². The highest BCUT2D eigenvalue weighted by molar-refractivity contribution is 5.88. The molecule has 0 saturated carbocycles. The smallest absolute Gasteiger partial charge is 0.243 e. The van der Waals surface area contributed by atoms with E-state index in [9.17, 15) is 9.59 Å². The van der Waals surface area contributed by atoms with Crippen LogP contribution in [0, 0.1) is 6.92 Å². The van der Waals surface area contributed by atoms with Gasteiger partial charge in [0.2, 0.25) is 11.8 Å². The van der Waals surface area contributed by atoms with Crippen molar-refractivity contribution >= 4 is 11.8 Å². The van der Waals surface area contributed by atoms with Crippen LogP contribution < -0.4 is 5.32 Å². The Kier molecular flexibility index (Phi) is 9.06. The minimum absolute atomic E-state index is 0.00958. The number of aryl methyl sites for hydroxylation is 2. The van der Waals surface area contributed by atoms with E-state index in [0.717, 1.165) is 16.7 Å². The third-order valence-corrected chi connectivity index (χ3v) is 5.59. The predicted molar refractivity (Wildman–Crippen MR) is 133 cm³/mol. The van der Waals surface area contributed by atoms with Crippen molar-refractivity contribution in [3.8, 4) is 0 Å². The summed E-state index contributed by atoms with van der Waals surface area (Å²) in [6.07, 6.45) is 1.62. The van der Waals surface area contributed by atoms with Crippen LogP contribution >= 0.6 is 0 Å². The molecule has 0 aliphatic heterocycles. The van der Waals surface area contributed by atoms with Crippen molar-refractivity contribution in [1.82, 2.24) is 10.2 Å². The number of nitrogens with one attached hydrogen (secondary N) is 1. The van der Waals surface area contributed by atoms with Gasteiger partial charge in [-0.15, -0.1) is 0 Å². The van der Waals surface area contributed by atoms with Crippen LogP contribution in [0.4, 0.5) is 0 Å². The van der Waals surface area contributed by atoms with Crippen molar-refractivity contribution in [2.24, 2.45) is 0 Å². The van der Waals surface area contributed by atoms with E-state index in [4.69, 9.17) is 0 Å². The Morgan fingerprint density at radius 3 is 2.19 bits per heavy atom. The summed E-state index contributed by atoms with van der Waals surface area (Å²) < 4.78 is 0. The summed E-state index contributed by atoms with van der Waals surface area (Å²) in [6, 6.07) is 16.1. The molecule has 0 unspecified atom stereocenters. The SMILES string of the molecule is CC[C@H](C(=O)NC(C)(C)C)N(Cc1cccc(C)c1)C(=O)CCc1ccc(C(C)C)cc1. The highest BCUT2D eigenvalue weighted by Crippen LogP contribution is 2.18. The summed E-state index contributed by atoms with van der Waals surface area (Å²) in [7, 11) is 0. The van der Waals surface area contributed by atoms with Gasteiger partial charge in [0, 0.05) is 18.5 Å². The van der Waals surface area contributed by atoms with Gasteiger partial charge in [-0.25, -0.2) is 0 Å². The minimum atomic E-state index is -0.495. The molecule has 2 rings (SSSR count). The minimum Gasteiger partial charge on any atom is -0.350 e. The van der Waals surface area contributed by atoms with Gasteiger partial charge in [-0.3, -0.25) is 9.59 Å². The first kappa shape index (κ1) is 25.6. The van der Waals surface area contributed by atoms with Crippen LogP contribution in [-0.2, 0) is 22.6 Å². The maximum atomic E-state index is 13.4. The maximum absolute atomic E-state index is 13.4. The fourth-order valence-electron chi connectivity index (χ4n) is 3.84. The molecule has 0 spiro atoms. The van der Waals surface area contributed by atoms with Crippen molar-refractivity contribution in [3.05, 3.63) is 70.8 Å². The van der Waals surface area contributed by atoms with Gasteiger partial charge in [-0.2, -0.15) is 0 Å². The fraction of sp³-hybridized carbons (Fsp3) is 0.500. The molecule has 0 radical (unpaired) electrons. The van der Waals surface area contributed by atoms with E-state index in [-0.39, 0.29) is 17.4 Å². The Balaban J connectivity index is 2.21. The molecular weight excluding hydrogens is 396 g/mol. The zero-order valence-electron chi connectivity index (χ0n) is 20.9. The molecule has 0 aliphatic rings. The predicted octanol–water partition coefficient (Wildman–Crippen LogP) is 5.77. The van der Waals surface area contributed by atoms with Crippen LogP contribution in [0.1, 0.15) is 82.6 Å². The summed E-state index contributed by atoms with van der Waals surface area (Å²) in [4.78, 5) is 28.2. The topological polar surface area (TPSA) is 49.4 Å². The van der Waals surface area contributed by atoms with Crippen LogP contribution in [0.5, 0.6) is 0 Å². The largest absolute Gasteiger partial charge is 0.350 e. The molecule has 1 N–H and O–H groups in total. The number of benzene rings is 2. The lowest BCUT2D eigenvalue weighted by Gasteiger charge is -2.33. The Hall–Kier alpha value is -2.62. The van der Waals surface area contributed by atoms with Crippen molar-refractivity contribution < 1.29 is 9.59 Å².